The highest BCUT2D eigenvalue weighted by Gasteiger charge is 2.18. The molecule has 0 unspecified atom stereocenters. The zero-order chi connectivity index (χ0) is 18.9. The van der Waals surface area contributed by atoms with Gasteiger partial charge in [-0.25, -0.2) is 0 Å². The average Bonchev–Trinajstić information content (AvgIpc) is 2.63. The summed E-state index contributed by atoms with van der Waals surface area (Å²) in [6.45, 7) is 6.43. The van der Waals surface area contributed by atoms with Gasteiger partial charge in [0, 0.05) is 24.2 Å². The Bertz CT molecular complexity index is 675. The number of carbonyl (C=O) groups excluding carboxylic acids is 2. The molecule has 0 fully saturated rings. The van der Waals surface area contributed by atoms with E-state index >= 15 is 0 Å². The van der Waals surface area contributed by atoms with Crippen LogP contribution in [0.1, 0.15) is 43.7 Å². The standard InChI is InChI=1S/C22H27NO3/c1-4-16-26-22(25)7-5-6-21(24)23(19-12-8-17(2)9-13-19)20-14-10-18(3)11-15-20/h8-15H,4-7,16H2,1-3H3. The minimum absolute atomic E-state index is 0.0269. The number of amides is 1. The molecule has 1 amide bonds. The van der Waals surface area contributed by atoms with Crippen LogP contribution in [0, 0.1) is 13.8 Å². The van der Waals surface area contributed by atoms with E-state index in [0.717, 1.165) is 28.9 Å². The molecule has 0 saturated heterocycles. The molecule has 2 aromatic carbocycles. The van der Waals surface area contributed by atoms with E-state index in [0.29, 0.717) is 19.4 Å². The lowest BCUT2D eigenvalue weighted by Crippen LogP contribution is -2.25. The summed E-state index contributed by atoms with van der Waals surface area (Å²) in [5.74, 6) is -0.266. The number of anilines is 2. The minimum atomic E-state index is -0.239. The van der Waals surface area contributed by atoms with Gasteiger partial charge in [0.1, 0.15) is 0 Å². The number of hydrogen-bond acceptors (Lipinski definition) is 3. The summed E-state index contributed by atoms with van der Waals surface area (Å²) in [5, 5.41) is 0. The van der Waals surface area contributed by atoms with E-state index in [1.165, 1.54) is 0 Å². The van der Waals surface area contributed by atoms with Crippen molar-refractivity contribution >= 4 is 23.3 Å². The van der Waals surface area contributed by atoms with Gasteiger partial charge in [0.25, 0.3) is 0 Å². The fraction of sp³-hybridized carbons (Fsp3) is 0.364. The van der Waals surface area contributed by atoms with Gasteiger partial charge in [-0.05, 0) is 51.0 Å². The van der Waals surface area contributed by atoms with Crippen LogP contribution < -0.4 is 4.90 Å². The van der Waals surface area contributed by atoms with Crippen molar-refractivity contribution in [3.05, 3.63) is 59.7 Å². The third-order valence-corrected chi connectivity index (χ3v) is 4.07. The zero-order valence-corrected chi connectivity index (χ0v) is 15.8. The van der Waals surface area contributed by atoms with E-state index in [1.807, 2.05) is 69.3 Å². The van der Waals surface area contributed by atoms with E-state index < -0.39 is 0 Å². The van der Waals surface area contributed by atoms with Gasteiger partial charge in [-0.15, -0.1) is 0 Å². The number of hydrogen-bond donors (Lipinski definition) is 0. The van der Waals surface area contributed by atoms with E-state index in [9.17, 15) is 9.59 Å². The predicted octanol–water partition coefficient (Wildman–Crippen LogP) is 5.09. The van der Waals surface area contributed by atoms with Gasteiger partial charge in [0.15, 0.2) is 0 Å². The molecule has 2 aromatic rings. The van der Waals surface area contributed by atoms with Crippen LogP contribution in [0.2, 0.25) is 0 Å². The number of ether oxygens (including phenoxy) is 1. The highest BCUT2D eigenvalue weighted by atomic mass is 16.5. The van der Waals surface area contributed by atoms with Crippen LogP contribution in [-0.4, -0.2) is 18.5 Å². The van der Waals surface area contributed by atoms with E-state index in [4.69, 9.17) is 4.74 Å². The summed E-state index contributed by atoms with van der Waals surface area (Å²) < 4.78 is 5.07. The molecular weight excluding hydrogens is 326 g/mol. The number of benzene rings is 2. The van der Waals surface area contributed by atoms with Crippen LogP contribution in [0.3, 0.4) is 0 Å². The molecule has 4 nitrogen and oxygen atoms in total. The Morgan fingerprint density at radius 3 is 1.81 bits per heavy atom. The van der Waals surface area contributed by atoms with Crippen molar-refractivity contribution in [1.82, 2.24) is 0 Å². The number of esters is 1. The average molecular weight is 353 g/mol. The van der Waals surface area contributed by atoms with E-state index in [-0.39, 0.29) is 18.3 Å². The summed E-state index contributed by atoms with van der Waals surface area (Å²) >= 11 is 0. The minimum Gasteiger partial charge on any atom is -0.466 e. The molecular formula is C22H27NO3. The molecule has 4 heteroatoms. The molecule has 0 radical (unpaired) electrons. The molecule has 0 spiro atoms. The third-order valence-electron chi connectivity index (χ3n) is 4.07. The fourth-order valence-electron chi connectivity index (χ4n) is 2.61. The summed E-state index contributed by atoms with van der Waals surface area (Å²) in [7, 11) is 0. The Kier molecular flexibility index (Phi) is 7.39. The number of rotatable bonds is 8. The molecule has 0 heterocycles. The number of aryl methyl sites for hydroxylation is 2. The van der Waals surface area contributed by atoms with Crippen LogP contribution in [0.4, 0.5) is 11.4 Å². The molecule has 0 atom stereocenters. The Balaban J connectivity index is 2.10. The quantitative estimate of drug-likeness (QED) is 0.621. The monoisotopic (exact) mass is 353 g/mol. The summed E-state index contributed by atoms with van der Waals surface area (Å²) in [6.07, 6.45) is 1.85. The first-order valence-corrected chi connectivity index (χ1v) is 9.13. The van der Waals surface area contributed by atoms with Crippen LogP contribution in [-0.2, 0) is 14.3 Å². The molecule has 0 aromatic heterocycles. The molecule has 0 aliphatic carbocycles. The van der Waals surface area contributed by atoms with Gasteiger partial charge < -0.3 is 4.74 Å². The first-order chi connectivity index (χ1) is 12.5. The van der Waals surface area contributed by atoms with E-state index in [2.05, 4.69) is 0 Å². The molecule has 0 saturated carbocycles. The first-order valence-electron chi connectivity index (χ1n) is 9.13. The maximum Gasteiger partial charge on any atom is 0.305 e. The van der Waals surface area contributed by atoms with Crippen molar-refractivity contribution < 1.29 is 14.3 Å². The maximum absolute atomic E-state index is 12.9. The Morgan fingerprint density at radius 1 is 0.846 bits per heavy atom. The second kappa shape index (κ2) is 9.76. The van der Waals surface area contributed by atoms with Crippen LogP contribution in [0.25, 0.3) is 0 Å². The fourth-order valence-corrected chi connectivity index (χ4v) is 2.61. The molecule has 0 aliphatic rings. The molecule has 26 heavy (non-hydrogen) atoms. The summed E-state index contributed by atoms with van der Waals surface area (Å²) in [4.78, 5) is 26.2. The van der Waals surface area contributed by atoms with Gasteiger partial charge in [-0.2, -0.15) is 0 Å². The van der Waals surface area contributed by atoms with Crippen molar-refractivity contribution in [1.29, 1.82) is 0 Å². The third kappa shape index (κ3) is 5.73. The van der Waals surface area contributed by atoms with Crippen LogP contribution >= 0.6 is 0 Å². The summed E-state index contributed by atoms with van der Waals surface area (Å²) in [6, 6.07) is 15.8. The van der Waals surface area contributed by atoms with Crippen LogP contribution in [0.15, 0.2) is 48.5 Å². The van der Waals surface area contributed by atoms with Crippen molar-refractivity contribution in [2.24, 2.45) is 0 Å². The Labute approximate surface area is 155 Å². The molecule has 0 aliphatic heterocycles. The highest BCUT2D eigenvalue weighted by Crippen LogP contribution is 2.27. The lowest BCUT2D eigenvalue weighted by molar-refractivity contribution is -0.143. The molecule has 138 valence electrons. The van der Waals surface area contributed by atoms with Gasteiger partial charge in [0.2, 0.25) is 5.91 Å². The maximum atomic E-state index is 12.9. The van der Waals surface area contributed by atoms with Gasteiger partial charge in [0.05, 0.1) is 6.61 Å². The Hall–Kier alpha value is -2.62. The van der Waals surface area contributed by atoms with E-state index in [1.54, 1.807) is 4.90 Å². The topological polar surface area (TPSA) is 46.6 Å². The SMILES string of the molecule is CCCOC(=O)CCCC(=O)N(c1ccc(C)cc1)c1ccc(C)cc1. The largest absolute Gasteiger partial charge is 0.466 e. The van der Waals surface area contributed by atoms with Crippen molar-refractivity contribution in [3.8, 4) is 0 Å². The van der Waals surface area contributed by atoms with Crippen LogP contribution in [0.5, 0.6) is 0 Å². The molecule has 0 bridgehead atoms. The number of carbonyl (C=O) groups is 2. The normalized spacial score (nSPS) is 10.4. The van der Waals surface area contributed by atoms with Crippen molar-refractivity contribution in [2.45, 2.75) is 46.5 Å². The second-order valence-electron chi connectivity index (χ2n) is 6.47. The molecule has 0 N–H and O–H groups in total. The lowest BCUT2D eigenvalue weighted by Gasteiger charge is -2.23. The smallest absolute Gasteiger partial charge is 0.305 e. The number of nitrogens with zero attached hydrogens (tertiary/aromatic N) is 1. The summed E-state index contributed by atoms with van der Waals surface area (Å²) in [5.41, 5.74) is 3.95. The zero-order valence-electron chi connectivity index (χ0n) is 15.8. The Morgan fingerprint density at radius 2 is 1.35 bits per heavy atom. The highest BCUT2D eigenvalue weighted by molar-refractivity contribution is 6.00. The predicted molar refractivity (Wildman–Crippen MR) is 105 cm³/mol. The van der Waals surface area contributed by atoms with Crippen molar-refractivity contribution in [3.63, 3.8) is 0 Å². The molecule has 2 rings (SSSR count). The first kappa shape index (κ1) is 19.7. The lowest BCUT2D eigenvalue weighted by atomic mass is 10.1. The van der Waals surface area contributed by atoms with Crippen molar-refractivity contribution in [2.75, 3.05) is 11.5 Å². The van der Waals surface area contributed by atoms with Gasteiger partial charge >= 0.3 is 5.97 Å². The second-order valence-corrected chi connectivity index (χ2v) is 6.47. The van der Waals surface area contributed by atoms with Gasteiger partial charge in [-0.3, -0.25) is 14.5 Å². The van der Waals surface area contributed by atoms with Gasteiger partial charge in [-0.1, -0.05) is 42.3 Å².